The third-order valence-corrected chi connectivity index (χ3v) is 6.57. The van der Waals surface area contributed by atoms with Crippen LogP contribution in [0.4, 0.5) is 5.82 Å². The van der Waals surface area contributed by atoms with E-state index in [9.17, 15) is 4.79 Å². The van der Waals surface area contributed by atoms with Crippen molar-refractivity contribution in [1.29, 1.82) is 0 Å². The van der Waals surface area contributed by atoms with Gasteiger partial charge in [0.25, 0.3) is 5.91 Å². The van der Waals surface area contributed by atoms with Crippen LogP contribution in [0.3, 0.4) is 0 Å². The summed E-state index contributed by atoms with van der Waals surface area (Å²) < 4.78 is 0. The number of hydrogen-bond donors (Lipinski definition) is 1. The first-order valence-corrected chi connectivity index (χ1v) is 12.2. The van der Waals surface area contributed by atoms with Gasteiger partial charge in [-0.1, -0.05) is 55.0 Å². The minimum Gasteiger partial charge on any atom is -0.354 e. The topological polar surface area (TPSA) is 87.1 Å². The van der Waals surface area contributed by atoms with Crippen molar-refractivity contribution in [1.82, 2.24) is 30.4 Å². The third kappa shape index (κ3) is 6.11. The van der Waals surface area contributed by atoms with Crippen molar-refractivity contribution in [3.63, 3.8) is 0 Å². The summed E-state index contributed by atoms with van der Waals surface area (Å²) in [4.78, 5) is 26.4. The molecule has 9 heteroatoms. The maximum absolute atomic E-state index is 12.5. The molecule has 0 radical (unpaired) electrons. The van der Waals surface area contributed by atoms with E-state index in [1.807, 2.05) is 38.1 Å². The van der Waals surface area contributed by atoms with Crippen LogP contribution in [0.2, 0.25) is 0 Å². The van der Waals surface area contributed by atoms with Crippen LogP contribution in [-0.2, 0) is 13.1 Å². The molecule has 33 heavy (non-hydrogen) atoms. The Balaban J connectivity index is 1.28. The Bertz CT molecular complexity index is 1090. The summed E-state index contributed by atoms with van der Waals surface area (Å²) in [7, 11) is 0. The summed E-state index contributed by atoms with van der Waals surface area (Å²) in [6.45, 7) is 13.1. The SMILES string of the molecule is Cc1ccc(CNC(=O)c2nnc(CN3CCN(c4cc(C)nc(C(C)C)n4)CC3)s2)cc1. The summed E-state index contributed by atoms with van der Waals surface area (Å²) in [5, 5.41) is 12.6. The Kier molecular flexibility index (Phi) is 7.29. The minimum absolute atomic E-state index is 0.177. The summed E-state index contributed by atoms with van der Waals surface area (Å²) in [6.07, 6.45) is 0. The molecule has 1 saturated heterocycles. The maximum atomic E-state index is 12.5. The summed E-state index contributed by atoms with van der Waals surface area (Å²) in [5.41, 5.74) is 3.27. The van der Waals surface area contributed by atoms with Crippen LogP contribution in [0.15, 0.2) is 30.3 Å². The number of nitrogens with zero attached hydrogens (tertiary/aromatic N) is 6. The Morgan fingerprint density at radius 1 is 1.06 bits per heavy atom. The van der Waals surface area contributed by atoms with Gasteiger partial charge in [-0.25, -0.2) is 9.97 Å². The smallest absolute Gasteiger partial charge is 0.282 e. The summed E-state index contributed by atoms with van der Waals surface area (Å²) in [5.74, 6) is 2.04. The molecule has 8 nitrogen and oxygen atoms in total. The molecule has 0 spiro atoms. The highest BCUT2D eigenvalue weighted by Gasteiger charge is 2.21. The van der Waals surface area contributed by atoms with Gasteiger partial charge in [-0.3, -0.25) is 9.69 Å². The average Bonchev–Trinajstić information content (AvgIpc) is 3.27. The lowest BCUT2D eigenvalue weighted by Crippen LogP contribution is -2.46. The van der Waals surface area contributed by atoms with Crippen molar-refractivity contribution in [3.8, 4) is 0 Å². The highest BCUT2D eigenvalue weighted by atomic mass is 32.1. The zero-order chi connectivity index (χ0) is 23.4. The largest absolute Gasteiger partial charge is 0.354 e. The monoisotopic (exact) mass is 465 g/mol. The van der Waals surface area contributed by atoms with Crippen molar-refractivity contribution in [2.24, 2.45) is 0 Å². The standard InChI is InChI=1S/C24H31N7OS/c1-16(2)22-26-18(4)13-20(27-22)31-11-9-30(10-12-31)15-21-28-29-24(33-21)23(32)25-14-19-7-5-17(3)6-8-19/h5-8,13,16H,9-12,14-15H2,1-4H3,(H,25,32). The average molecular weight is 466 g/mol. The quantitative estimate of drug-likeness (QED) is 0.573. The van der Waals surface area contributed by atoms with Crippen LogP contribution in [0.1, 0.15) is 57.2 Å². The van der Waals surface area contributed by atoms with Gasteiger partial charge < -0.3 is 10.2 Å². The molecular weight excluding hydrogens is 434 g/mol. The van der Waals surface area contributed by atoms with Gasteiger partial charge in [-0.15, -0.1) is 10.2 Å². The number of benzene rings is 1. The number of carbonyl (C=O) groups excluding carboxylic acids is 1. The second kappa shape index (κ2) is 10.4. The number of carbonyl (C=O) groups is 1. The second-order valence-electron chi connectivity index (χ2n) is 8.81. The molecule has 1 aliphatic heterocycles. The van der Waals surface area contributed by atoms with E-state index in [1.54, 1.807) is 0 Å². The van der Waals surface area contributed by atoms with E-state index in [2.05, 4.69) is 50.2 Å². The number of piperazine rings is 1. The molecular formula is C24H31N7OS. The van der Waals surface area contributed by atoms with Gasteiger partial charge in [0.2, 0.25) is 5.01 Å². The number of anilines is 1. The lowest BCUT2D eigenvalue weighted by Gasteiger charge is -2.35. The normalized spacial score (nSPS) is 14.6. The first-order chi connectivity index (χ1) is 15.9. The highest BCUT2D eigenvalue weighted by Crippen LogP contribution is 2.20. The van der Waals surface area contributed by atoms with Crippen LogP contribution < -0.4 is 10.2 Å². The van der Waals surface area contributed by atoms with Gasteiger partial charge in [0, 0.05) is 50.4 Å². The summed E-state index contributed by atoms with van der Waals surface area (Å²) >= 11 is 1.37. The first kappa shape index (κ1) is 23.3. The molecule has 4 rings (SSSR count). The van der Waals surface area contributed by atoms with E-state index in [4.69, 9.17) is 4.98 Å². The molecule has 3 heterocycles. The van der Waals surface area contributed by atoms with Crippen molar-refractivity contribution in [3.05, 3.63) is 63.0 Å². The predicted molar refractivity (Wildman–Crippen MR) is 131 cm³/mol. The molecule has 0 bridgehead atoms. The zero-order valence-corrected chi connectivity index (χ0v) is 20.5. The molecule has 1 aromatic carbocycles. The van der Waals surface area contributed by atoms with E-state index < -0.39 is 0 Å². The Hall–Kier alpha value is -2.91. The number of aromatic nitrogens is 4. The fourth-order valence-corrected chi connectivity index (χ4v) is 4.49. The number of rotatable bonds is 7. The van der Waals surface area contributed by atoms with Gasteiger partial charge in [0.15, 0.2) is 0 Å². The van der Waals surface area contributed by atoms with E-state index >= 15 is 0 Å². The van der Waals surface area contributed by atoms with E-state index in [1.165, 1.54) is 16.9 Å². The molecule has 174 valence electrons. The van der Waals surface area contributed by atoms with Crippen molar-refractivity contribution >= 4 is 23.1 Å². The Morgan fingerprint density at radius 3 is 2.48 bits per heavy atom. The molecule has 3 aromatic rings. The third-order valence-electron chi connectivity index (χ3n) is 5.66. The molecule has 0 saturated carbocycles. The van der Waals surface area contributed by atoms with E-state index in [-0.39, 0.29) is 5.91 Å². The van der Waals surface area contributed by atoms with Crippen LogP contribution in [0.25, 0.3) is 0 Å². The molecule has 0 atom stereocenters. The van der Waals surface area contributed by atoms with E-state index in [0.29, 0.717) is 24.0 Å². The number of nitrogens with one attached hydrogen (secondary N) is 1. The zero-order valence-electron chi connectivity index (χ0n) is 19.7. The Morgan fingerprint density at radius 2 is 1.79 bits per heavy atom. The van der Waals surface area contributed by atoms with Gasteiger partial charge in [0.1, 0.15) is 16.6 Å². The second-order valence-corrected chi connectivity index (χ2v) is 9.87. The maximum Gasteiger partial charge on any atom is 0.282 e. The Labute approximate surface area is 199 Å². The van der Waals surface area contributed by atoms with Gasteiger partial charge >= 0.3 is 0 Å². The fourth-order valence-electron chi connectivity index (χ4n) is 3.69. The molecule has 1 aliphatic rings. The fraction of sp³-hybridized carbons (Fsp3) is 0.458. The summed E-state index contributed by atoms with van der Waals surface area (Å²) in [6, 6.07) is 10.2. The van der Waals surface area contributed by atoms with Crippen LogP contribution in [0.5, 0.6) is 0 Å². The van der Waals surface area contributed by atoms with Crippen molar-refractivity contribution in [2.75, 3.05) is 31.1 Å². The molecule has 0 aliphatic carbocycles. The van der Waals surface area contributed by atoms with Gasteiger partial charge in [0.05, 0.1) is 6.54 Å². The molecule has 2 aromatic heterocycles. The lowest BCUT2D eigenvalue weighted by molar-refractivity contribution is 0.0950. The predicted octanol–water partition coefficient (Wildman–Crippen LogP) is 3.32. The molecule has 0 unspecified atom stereocenters. The van der Waals surface area contributed by atoms with Gasteiger partial charge in [-0.2, -0.15) is 0 Å². The minimum atomic E-state index is -0.177. The van der Waals surface area contributed by atoms with Crippen LogP contribution >= 0.6 is 11.3 Å². The highest BCUT2D eigenvalue weighted by molar-refractivity contribution is 7.13. The lowest BCUT2D eigenvalue weighted by atomic mass is 10.1. The van der Waals surface area contributed by atoms with Gasteiger partial charge in [-0.05, 0) is 19.4 Å². The van der Waals surface area contributed by atoms with Crippen molar-refractivity contribution in [2.45, 2.75) is 46.7 Å². The van der Waals surface area contributed by atoms with Crippen LogP contribution in [0, 0.1) is 13.8 Å². The van der Waals surface area contributed by atoms with E-state index in [0.717, 1.165) is 54.1 Å². The molecule has 1 N–H and O–H groups in total. The number of amides is 1. The molecule has 1 amide bonds. The first-order valence-electron chi connectivity index (χ1n) is 11.4. The molecule has 1 fully saturated rings. The van der Waals surface area contributed by atoms with Crippen molar-refractivity contribution < 1.29 is 4.79 Å². The number of hydrogen-bond acceptors (Lipinski definition) is 8. The number of aryl methyl sites for hydroxylation is 2. The van der Waals surface area contributed by atoms with Crippen LogP contribution in [-0.4, -0.2) is 57.2 Å².